The minimum absolute atomic E-state index is 0.177. The van der Waals surface area contributed by atoms with Gasteiger partial charge in [0.25, 0.3) is 5.56 Å². The Kier molecular flexibility index (Phi) is 3.62. The molecule has 0 unspecified atom stereocenters. The molecule has 0 saturated heterocycles. The minimum Gasteiger partial charge on any atom is -0.497 e. The first kappa shape index (κ1) is 12.2. The van der Waals surface area contributed by atoms with Crippen LogP contribution in [-0.4, -0.2) is 16.9 Å². The van der Waals surface area contributed by atoms with Crippen LogP contribution in [0.3, 0.4) is 0 Å². The monoisotopic (exact) mass is 245 g/mol. The Hall–Kier alpha value is -2.30. The van der Waals surface area contributed by atoms with Gasteiger partial charge in [-0.1, -0.05) is 12.1 Å². The van der Waals surface area contributed by atoms with Crippen molar-refractivity contribution in [2.45, 2.75) is 13.0 Å². The first-order valence-electron chi connectivity index (χ1n) is 5.64. The number of hydrogen-bond acceptors (Lipinski definition) is 4. The molecule has 0 atom stereocenters. The second kappa shape index (κ2) is 5.35. The van der Waals surface area contributed by atoms with Crippen molar-refractivity contribution in [3.8, 4) is 5.75 Å². The van der Waals surface area contributed by atoms with Crippen LogP contribution in [0.1, 0.15) is 5.56 Å². The molecule has 2 aromatic rings. The third kappa shape index (κ3) is 2.88. The lowest BCUT2D eigenvalue weighted by atomic mass is 10.1. The highest BCUT2D eigenvalue weighted by atomic mass is 16.5. The number of nitrogens with two attached hydrogens (primary N) is 1. The first-order chi connectivity index (χ1) is 8.69. The zero-order valence-corrected chi connectivity index (χ0v) is 10.2. The number of ether oxygens (including phenoxy) is 1. The van der Waals surface area contributed by atoms with Gasteiger partial charge in [-0.25, -0.2) is 4.68 Å². The van der Waals surface area contributed by atoms with E-state index in [4.69, 9.17) is 10.5 Å². The number of anilines is 1. The summed E-state index contributed by atoms with van der Waals surface area (Å²) in [5.74, 6) is 0.821. The second-order valence-corrected chi connectivity index (χ2v) is 3.95. The van der Waals surface area contributed by atoms with Crippen LogP contribution in [0.4, 0.5) is 5.69 Å². The molecular formula is C13H15N3O2. The molecule has 2 N–H and O–H groups in total. The summed E-state index contributed by atoms with van der Waals surface area (Å²) in [5.41, 5.74) is 6.82. The summed E-state index contributed by atoms with van der Waals surface area (Å²) < 4.78 is 6.49. The SMILES string of the molecule is COc1ccc(CCn2ncc(N)cc2=O)cc1. The standard InChI is InChI=1S/C13H15N3O2/c1-18-12-4-2-10(3-5-12)6-7-16-13(17)8-11(14)9-15-16/h2-5,8-9H,6-7,14H2,1H3. The van der Waals surface area contributed by atoms with Crippen LogP contribution in [0.5, 0.6) is 5.75 Å². The maximum absolute atomic E-state index is 11.6. The summed E-state index contributed by atoms with van der Waals surface area (Å²) in [7, 11) is 1.63. The molecule has 1 heterocycles. The number of benzene rings is 1. The molecule has 5 heteroatoms. The van der Waals surface area contributed by atoms with Crippen molar-refractivity contribution >= 4 is 5.69 Å². The summed E-state index contributed by atoms with van der Waals surface area (Å²) in [6.45, 7) is 0.533. The van der Waals surface area contributed by atoms with Crippen molar-refractivity contribution in [3.63, 3.8) is 0 Å². The van der Waals surface area contributed by atoms with Gasteiger partial charge in [-0.3, -0.25) is 4.79 Å². The topological polar surface area (TPSA) is 70.1 Å². The Bertz CT molecular complexity index is 576. The van der Waals surface area contributed by atoms with Crippen molar-refractivity contribution in [2.24, 2.45) is 0 Å². The highest BCUT2D eigenvalue weighted by molar-refractivity contribution is 5.31. The molecule has 0 amide bonds. The number of rotatable bonds is 4. The van der Waals surface area contributed by atoms with Crippen LogP contribution in [0.2, 0.25) is 0 Å². The van der Waals surface area contributed by atoms with E-state index in [-0.39, 0.29) is 5.56 Å². The number of nitrogens with zero attached hydrogens (tertiary/aromatic N) is 2. The first-order valence-corrected chi connectivity index (χ1v) is 5.64. The van der Waals surface area contributed by atoms with E-state index in [0.29, 0.717) is 12.2 Å². The third-order valence-electron chi connectivity index (χ3n) is 2.66. The Balaban J connectivity index is 2.04. The van der Waals surface area contributed by atoms with Gasteiger partial charge in [0, 0.05) is 12.6 Å². The molecule has 0 bridgehead atoms. The summed E-state index contributed by atoms with van der Waals surface area (Å²) in [6, 6.07) is 9.12. The maximum atomic E-state index is 11.6. The van der Waals surface area contributed by atoms with E-state index in [1.165, 1.54) is 16.9 Å². The average molecular weight is 245 g/mol. The Labute approximate surface area is 105 Å². The molecule has 0 saturated carbocycles. The van der Waals surface area contributed by atoms with Crippen LogP contribution in [-0.2, 0) is 13.0 Å². The molecule has 0 spiro atoms. The van der Waals surface area contributed by atoms with Crippen molar-refractivity contribution in [1.82, 2.24) is 9.78 Å². The lowest BCUT2D eigenvalue weighted by molar-refractivity contribution is 0.414. The summed E-state index contributed by atoms with van der Waals surface area (Å²) >= 11 is 0. The molecule has 0 fully saturated rings. The number of nitrogen functional groups attached to an aromatic ring is 1. The highest BCUT2D eigenvalue weighted by Gasteiger charge is 1.99. The van der Waals surface area contributed by atoms with Crippen LogP contribution >= 0.6 is 0 Å². The predicted molar refractivity (Wildman–Crippen MR) is 69.6 cm³/mol. The van der Waals surface area contributed by atoms with E-state index in [1.807, 2.05) is 24.3 Å². The van der Waals surface area contributed by atoms with E-state index >= 15 is 0 Å². The number of methoxy groups -OCH3 is 1. The summed E-state index contributed by atoms with van der Waals surface area (Å²) in [5, 5.41) is 3.98. The van der Waals surface area contributed by atoms with Gasteiger partial charge in [-0.15, -0.1) is 0 Å². The molecule has 94 valence electrons. The Morgan fingerprint density at radius 3 is 2.67 bits per heavy atom. The second-order valence-electron chi connectivity index (χ2n) is 3.95. The number of aryl methyl sites for hydroxylation is 2. The predicted octanol–water partition coefficient (Wildman–Crippen LogP) is 1.08. The van der Waals surface area contributed by atoms with Gasteiger partial charge in [0.15, 0.2) is 0 Å². The molecule has 2 rings (SSSR count). The molecule has 0 radical (unpaired) electrons. The van der Waals surface area contributed by atoms with Crippen LogP contribution in [0.25, 0.3) is 0 Å². The zero-order valence-electron chi connectivity index (χ0n) is 10.2. The van der Waals surface area contributed by atoms with E-state index in [9.17, 15) is 4.79 Å². The van der Waals surface area contributed by atoms with Gasteiger partial charge in [0.05, 0.1) is 19.0 Å². The van der Waals surface area contributed by atoms with Crippen molar-refractivity contribution in [2.75, 3.05) is 12.8 Å². The highest BCUT2D eigenvalue weighted by Crippen LogP contribution is 2.11. The molecule has 1 aromatic heterocycles. The van der Waals surface area contributed by atoms with Crippen LogP contribution < -0.4 is 16.0 Å². The van der Waals surface area contributed by atoms with Gasteiger partial charge in [-0.05, 0) is 24.1 Å². The minimum atomic E-state index is -0.177. The quantitative estimate of drug-likeness (QED) is 0.875. The fourth-order valence-corrected chi connectivity index (χ4v) is 1.64. The molecule has 5 nitrogen and oxygen atoms in total. The van der Waals surface area contributed by atoms with E-state index in [1.54, 1.807) is 7.11 Å². The summed E-state index contributed by atoms with van der Waals surface area (Å²) in [6.07, 6.45) is 2.22. The molecule has 0 aliphatic carbocycles. The van der Waals surface area contributed by atoms with Crippen LogP contribution in [0, 0.1) is 0 Å². The maximum Gasteiger partial charge on any atom is 0.268 e. The molecular weight excluding hydrogens is 230 g/mol. The third-order valence-corrected chi connectivity index (χ3v) is 2.66. The largest absolute Gasteiger partial charge is 0.497 e. The fraction of sp³-hybridized carbons (Fsp3) is 0.231. The molecule has 18 heavy (non-hydrogen) atoms. The van der Waals surface area contributed by atoms with E-state index in [0.717, 1.165) is 17.7 Å². The molecule has 0 aliphatic heterocycles. The fourth-order valence-electron chi connectivity index (χ4n) is 1.64. The van der Waals surface area contributed by atoms with Gasteiger partial charge in [0.2, 0.25) is 0 Å². The Morgan fingerprint density at radius 2 is 2.06 bits per heavy atom. The number of hydrogen-bond donors (Lipinski definition) is 1. The van der Waals surface area contributed by atoms with Gasteiger partial charge < -0.3 is 10.5 Å². The van der Waals surface area contributed by atoms with Crippen molar-refractivity contribution in [3.05, 3.63) is 52.4 Å². The van der Waals surface area contributed by atoms with Gasteiger partial charge in [0.1, 0.15) is 5.75 Å². The van der Waals surface area contributed by atoms with Gasteiger partial charge >= 0.3 is 0 Å². The average Bonchev–Trinajstić information content (AvgIpc) is 2.38. The van der Waals surface area contributed by atoms with Crippen LogP contribution in [0.15, 0.2) is 41.3 Å². The molecule has 1 aromatic carbocycles. The Morgan fingerprint density at radius 1 is 1.33 bits per heavy atom. The van der Waals surface area contributed by atoms with Crippen molar-refractivity contribution in [1.29, 1.82) is 0 Å². The van der Waals surface area contributed by atoms with E-state index in [2.05, 4.69) is 5.10 Å². The summed E-state index contributed by atoms with van der Waals surface area (Å²) in [4.78, 5) is 11.6. The smallest absolute Gasteiger partial charge is 0.268 e. The zero-order chi connectivity index (χ0) is 13.0. The lowest BCUT2D eigenvalue weighted by Crippen LogP contribution is -2.23. The van der Waals surface area contributed by atoms with E-state index < -0.39 is 0 Å². The normalized spacial score (nSPS) is 10.3. The van der Waals surface area contributed by atoms with Gasteiger partial charge in [-0.2, -0.15) is 5.10 Å². The number of aromatic nitrogens is 2. The molecule has 0 aliphatic rings. The van der Waals surface area contributed by atoms with Crippen molar-refractivity contribution < 1.29 is 4.74 Å². The lowest BCUT2D eigenvalue weighted by Gasteiger charge is -2.05.